The summed E-state index contributed by atoms with van der Waals surface area (Å²) >= 11 is 1.79. The van der Waals surface area contributed by atoms with Gasteiger partial charge in [-0.2, -0.15) is 0 Å². The van der Waals surface area contributed by atoms with E-state index in [1.54, 1.807) is 18.9 Å². The quantitative estimate of drug-likeness (QED) is 0.852. The van der Waals surface area contributed by atoms with Crippen LogP contribution in [0.25, 0.3) is 0 Å². The Labute approximate surface area is 94.6 Å². The molecule has 82 valence electrons. The molecule has 0 aliphatic heterocycles. The third-order valence-electron chi connectivity index (χ3n) is 2.95. The Morgan fingerprint density at radius 1 is 1.33 bits per heavy atom. The standard InChI is InChI=1S/C12H16O2S/c1-14-10-3-5-11(6-4-10)15-12(9-13)7-2-8-12/h3-6,13H,2,7-9H2,1H3. The van der Waals surface area contributed by atoms with Gasteiger partial charge in [0.25, 0.3) is 0 Å². The Bertz CT molecular complexity index is 311. The first-order chi connectivity index (χ1) is 7.28. The van der Waals surface area contributed by atoms with Gasteiger partial charge in [-0.15, -0.1) is 11.8 Å². The summed E-state index contributed by atoms with van der Waals surface area (Å²) in [5, 5.41) is 9.35. The van der Waals surface area contributed by atoms with Crippen molar-refractivity contribution in [2.24, 2.45) is 0 Å². The molecule has 15 heavy (non-hydrogen) atoms. The topological polar surface area (TPSA) is 29.5 Å². The summed E-state index contributed by atoms with van der Waals surface area (Å²) in [6.45, 7) is 0.281. The lowest BCUT2D eigenvalue weighted by Crippen LogP contribution is -2.37. The number of thioether (sulfide) groups is 1. The van der Waals surface area contributed by atoms with Gasteiger partial charge in [0.2, 0.25) is 0 Å². The number of benzene rings is 1. The maximum atomic E-state index is 9.35. The molecule has 0 aromatic heterocycles. The fourth-order valence-electron chi connectivity index (χ4n) is 1.76. The van der Waals surface area contributed by atoms with Crippen LogP contribution in [0.3, 0.4) is 0 Å². The predicted octanol–water partition coefficient (Wildman–Crippen LogP) is 2.70. The van der Waals surface area contributed by atoms with Gasteiger partial charge >= 0.3 is 0 Å². The number of aliphatic hydroxyl groups is 1. The van der Waals surface area contributed by atoms with Crippen LogP contribution >= 0.6 is 11.8 Å². The van der Waals surface area contributed by atoms with Gasteiger partial charge in [0.15, 0.2) is 0 Å². The van der Waals surface area contributed by atoms with E-state index in [9.17, 15) is 5.11 Å². The molecule has 0 radical (unpaired) electrons. The van der Waals surface area contributed by atoms with E-state index < -0.39 is 0 Å². The van der Waals surface area contributed by atoms with Gasteiger partial charge in [0.1, 0.15) is 5.75 Å². The van der Waals surface area contributed by atoms with Crippen molar-refractivity contribution < 1.29 is 9.84 Å². The Morgan fingerprint density at radius 2 is 2.00 bits per heavy atom. The van der Waals surface area contributed by atoms with E-state index in [0.717, 1.165) is 18.6 Å². The molecule has 1 aliphatic carbocycles. The minimum atomic E-state index is 0.0919. The highest BCUT2D eigenvalue weighted by Gasteiger charge is 2.37. The van der Waals surface area contributed by atoms with Crippen LogP contribution in [0, 0.1) is 0 Å². The molecular formula is C12H16O2S. The van der Waals surface area contributed by atoms with Gasteiger partial charge in [-0.3, -0.25) is 0 Å². The smallest absolute Gasteiger partial charge is 0.118 e. The molecular weight excluding hydrogens is 208 g/mol. The SMILES string of the molecule is COc1ccc(SC2(CO)CCC2)cc1. The lowest BCUT2D eigenvalue weighted by Gasteiger charge is -2.39. The van der Waals surface area contributed by atoms with E-state index in [0.29, 0.717) is 0 Å². The molecule has 2 nitrogen and oxygen atoms in total. The van der Waals surface area contributed by atoms with Gasteiger partial charge in [-0.05, 0) is 37.1 Å². The largest absolute Gasteiger partial charge is 0.497 e. The highest BCUT2D eigenvalue weighted by atomic mass is 32.2. The van der Waals surface area contributed by atoms with Crippen molar-refractivity contribution >= 4 is 11.8 Å². The fraction of sp³-hybridized carbons (Fsp3) is 0.500. The monoisotopic (exact) mass is 224 g/mol. The van der Waals surface area contributed by atoms with E-state index >= 15 is 0 Å². The summed E-state index contributed by atoms with van der Waals surface area (Å²) < 4.78 is 5.20. The van der Waals surface area contributed by atoms with Crippen LogP contribution in [0.5, 0.6) is 5.75 Å². The summed E-state index contributed by atoms with van der Waals surface area (Å²) in [7, 11) is 1.67. The third kappa shape index (κ3) is 2.29. The van der Waals surface area contributed by atoms with Crippen molar-refractivity contribution in [2.45, 2.75) is 28.9 Å². The molecule has 3 heteroatoms. The molecule has 0 atom stereocenters. The van der Waals surface area contributed by atoms with Crippen LogP contribution < -0.4 is 4.74 Å². The normalized spacial score (nSPS) is 18.3. The average molecular weight is 224 g/mol. The maximum absolute atomic E-state index is 9.35. The van der Waals surface area contributed by atoms with E-state index in [-0.39, 0.29) is 11.4 Å². The van der Waals surface area contributed by atoms with E-state index in [1.165, 1.54) is 11.3 Å². The second kappa shape index (κ2) is 4.45. The molecule has 0 unspecified atom stereocenters. The zero-order valence-corrected chi connectivity index (χ0v) is 9.72. The lowest BCUT2D eigenvalue weighted by atomic mass is 9.85. The number of ether oxygens (including phenoxy) is 1. The van der Waals surface area contributed by atoms with Crippen LogP contribution in [0.1, 0.15) is 19.3 Å². The number of hydrogen-bond donors (Lipinski definition) is 1. The molecule has 1 fully saturated rings. The van der Waals surface area contributed by atoms with E-state index in [2.05, 4.69) is 12.1 Å². The first-order valence-electron chi connectivity index (χ1n) is 5.22. The lowest BCUT2D eigenvalue weighted by molar-refractivity contribution is 0.191. The molecule has 1 aromatic rings. The summed E-state index contributed by atoms with van der Waals surface area (Å²) in [6.07, 6.45) is 3.49. The molecule has 1 aliphatic rings. The van der Waals surface area contributed by atoms with Crippen molar-refractivity contribution in [3.05, 3.63) is 24.3 Å². The highest BCUT2D eigenvalue weighted by molar-refractivity contribution is 8.00. The van der Waals surface area contributed by atoms with Crippen molar-refractivity contribution in [1.29, 1.82) is 0 Å². The maximum Gasteiger partial charge on any atom is 0.118 e. The predicted molar refractivity (Wildman–Crippen MR) is 62.5 cm³/mol. The molecule has 2 rings (SSSR count). The minimum absolute atomic E-state index is 0.0919. The third-order valence-corrected chi connectivity index (χ3v) is 4.42. The van der Waals surface area contributed by atoms with Crippen molar-refractivity contribution in [1.82, 2.24) is 0 Å². The minimum Gasteiger partial charge on any atom is -0.497 e. The number of rotatable bonds is 4. The van der Waals surface area contributed by atoms with Gasteiger partial charge in [0.05, 0.1) is 13.7 Å². The first kappa shape index (κ1) is 10.8. The zero-order chi connectivity index (χ0) is 10.7. The summed E-state index contributed by atoms with van der Waals surface area (Å²) in [5.41, 5.74) is 0. The van der Waals surface area contributed by atoms with Gasteiger partial charge < -0.3 is 9.84 Å². The zero-order valence-electron chi connectivity index (χ0n) is 8.90. The van der Waals surface area contributed by atoms with E-state index in [4.69, 9.17) is 4.74 Å². The fourth-order valence-corrected chi connectivity index (χ4v) is 3.09. The van der Waals surface area contributed by atoms with Crippen molar-refractivity contribution in [3.63, 3.8) is 0 Å². The highest BCUT2D eigenvalue weighted by Crippen LogP contribution is 2.47. The first-order valence-corrected chi connectivity index (χ1v) is 6.04. The molecule has 0 amide bonds. The van der Waals surface area contributed by atoms with Crippen LogP contribution in [0.2, 0.25) is 0 Å². The van der Waals surface area contributed by atoms with Crippen LogP contribution in [0.4, 0.5) is 0 Å². The Kier molecular flexibility index (Phi) is 3.22. The number of hydrogen-bond acceptors (Lipinski definition) is 3. The molecule has 0 heterocycles. The van der Waals surface area contributed by atoms with Crippen molar-refractivity contribution in [3.8, 4) is 5.75 Å². The van der Waals surface area contributed by atoms with Gasteiger partial charge in [-0.25, -0.2) is 0 Å². The Balaban J connectivity index is 2.03. The number of methoxy groups -OCH3 is 1. The number of aliphatic hydroxyl groups excluding tert-OH is 1. The molecule has 1 N–H and O–H groups in total. The second-order valence-electron chi connectivity index (χ2n) is 3.97. The summed E-state index contributed by atoms with van der Waals surface area (Å²) in [6, 6.07) is 8.04. The second-order valence-corrected chi connectivity index (χ2v) is 5.51. The van der Waals surface area contributed by atoms with Crippen LogP contribution in [0.15, 0.2) is 29.2 Å². The molecule has 0 bridgehead atoms. The molecule has 0 spiro atoms. The Morgan fingerprint density at radius 3 is 2.40 bits per heavy atom. The van der Waals surface area contributed by atoms with Gasteiger partial charge in [0, 0.05) is 9.64 Å². The summed E-state index contributed by atoms with van der Waals surface area (Å²) in [5.74, 6) is 0.881. The van der Waals surface area contributed by atoms with Crippen LogP contribution in [-0.4, -0.2) is 23.6 Å². The van der Waals surface area contributed by atoms with E-state index in [1.807, 2.05) is 12.1 Å². The molecule has 1 saturated carbocycles. The van der Waals surface area contributed by atoms with Crippen molar-refractivity contribution in [2.75, 3.05) is 13.7 Å². The Hall–Kier alpha value is -0.670. The average Bonchev–Trinajstić information content (AvgIpc) is 2.24. The summed E-state index contributed by atoms with van der Waals surface area (Å²) in [4.78, 5) is 1.21. The van der Waals surface area contributed by atoms with Gasteiger partial charge in [-0.1, -0.05) is 6.42 Å². The molecule has 1 aromatic carbocycles. The molecule has 0 saturated heterocycles. The van der Waals surface area contributed by atoms with Crippen LogP contribution in [-0.2, 0) is 0 Å².